The van der Waals surface area contributed by atoms with E-state index in [0.717, 1.165) is 23.4 Å². The Bertz CT molecular complexity index is 967. The van der Waals surface area contributed by atoms with Crippen molar-refractivity contribution in [3.8, 4) is 0 Å². The van der Waals surface area contributed by atoms with Crippen molar-refractivity contribution in [2.45, 2.75) is 33.4 Å². The zero-order valence-electron chi connectivity index (χ0n) is 15.5. The maximum Gasteiger partial charge on any atom is 0.255 e. The van der Waals surface area contributed by atoms with Gasteiger partial charge in [-0.15, -0.1) is 0 Å². The number of halogens is 2. The van der Waals surface area contributed by atoms with Crippen LogP contribution in [0.5, 0.6) is 0 Å². The van der Waals surface area contributed by atoms with Crippen LogP contribution >= 0.6 is 0 Å². The molecule has 0 aliphatic heterocycles. The van der Waals surface area contributed by atoms with Crippen molar-refractivity contribution in [2.24, 2.45) is 0 Å². The number of nitrogens with one attached hydrogen (secondary N) is 1. The predicted octanol–water partition coefficient (Wildman–Crippen LogP) is 4.32. The van der Waals surface area contributed by atoms with Crippen LogP contribution in [0.4, 0.5) is 8.78 Å². The maximum absolute atomic E-state index is 13.4. The first-order chi connectivity index (χ1) is 12.9. The quantitative estimate of drug-likeness (QED) is 0.728. The Labute approximate surface area is 156 Å². The molecule has 2 aromatic carbocycles. The first-order valence-electron chi connectivity index (χ1n) is 8.70. The largest absolute Gasteiger partial charge is 0.345 e. The van der Waals surface area contributed by atoms with Gasteiger partial charge in [0.25, 0.3) is 5.91 Å². The monoisotopic (exact) mass is 369 g/mol. The standard InChI is InChI=1S/C21H21F2N3O/c1-13(17-9-10-18(22)19(23)11-17)24-21(27)20-14(2)25-26(15(20)3)12-16-7-5-4-6-8-16/h4-11,13H,12H2,1-3H3,(H,24,27). The minimum absolute atomic E-state index is 0.290. The Morgan fingerprint density at radius 3 is 2.48 bits per heavy atom. The van der Waals surface area contributed by atoms with Crippen molar-refractivity contribution in [1.82, 2.24) is 15.1 Å². The molecule has 0 radical (unpaired) electrons. The number of aromatic nitrogens is 2. The zero-order chi connectivity index (χ0) is 19.6. The third kappa shape index (κ3) is 4.05. The molecule has 0 saturated carbocycles. The van der Waals surface area contributed by atoms with Crippen LogP contribution in [-0.2, 0) is 6.54 Å². The van der Waals surface area contributed by atoms with Crippen LogP contribution < -0.4 is 5.32 Å². The number of benzene rings is 2. The third-order valence-corrected chi connectivity index (χ3v) is 4.57. The molecule has 1 N–H and O–H groups in total. The molecule has 0 bridgehead atoms. The lowest BCUT2D eigenvalue weighted by Gasteiger charge is -2.15. The summed E-state index contributed by atoms with van der Waals surface area (Å²) in [5, 5.41) is 7.32. The van der Waals surface area contributed by atoms with Crippen molar-refractivity contribution in [1.29, 1.82) is 0 Å². The normalized spacial score (nSPS) is 12.0. The predicted molar refractivity (Wildman–Crippen MR) is 99.5 cm³/mol. The van der Waals surface area contributed by atoms with Crippen molar-refractivity contribution < 1.29 is 13.6 Å². The van der Waals surface area contributed by atoms with Crippen LogP contribution in [0, 0.1) is 25.5 Å². The lowest BCUT2D eigenvalue weighted by molar-refractivity contribution is 0.0938. The van der Waals surface area contributed by atoms with Crippen molar-refractivity contribution in [3.63, 3.8) is 0 Å². The molecule has 0 aliphatic rings. The number of carbonyl (C=O) groups excluding carboxylic acids is 1. The van der Waals surface area contributed by atoms with Crippen LogP contribution in [0.25, 0.3) is 0 Å². The minimum Gasteiger partial charge on any atom is -0.345 e. The van der Waals surface area contributed by atoms with Crippen LogP contribution in [0.1, 0.15) is 45.8 Å². The van der Waals surface area contributed by atoms with Gasteiger partial charge in [0, 0.05) is 5.69 Å². The summed E-state index contributed by atoms with van der Waals surface area (Å²) in [4.78, 5) is 12.8. The van der Waals surface area contributed by atoms with Crippen molar-refractivity contribution in [3.05, 3.63) is 88.2 Å². The molecule has 27 heavy (non-hydrogen) atoms. The summed E-state index contributed by atoms with van der Waals surface area (Å²) in [6.07, 6.45) is 0. The van der Waals surface area contributed by atoms with Crippen LogP contribution in [0.3, 0.4) is 0 Å². The fourth-order valence-corrected chi connectivity index (χ4v) is 3.07. The molecule has 3 aromatic rings. The fraction of sp³-hybridized carbons (Fsp3) is 0.238. The Kier molecular flexibility index (Phi) is 5.35. The second-order valence-corrected chi connectivity index (χ2v) is 6.56. The van der Waals surface area contributed by atoms with E-state index in [1.807, 2.05) is 37.3 Å². The Morgan fingerprint density at radius 2 is 1.81 bits per heavy atom. The highest BCUT2D eigenvalue weighted by atomic mass is 19.2. The summed E-state index contributed by atoms with van der Waals surface area (Å²) in [6.45, 7) is 5.93. The summed E-state index contributed by atoms with van der Waals surface area (Å²) in [7, 11) is 0. The van der Waals surface area contributed by atoms with Gasteiger partial charge in [-0.1, -0.05) is 36.4 Å². The van der Waals surface area contributed by atoms with Crippen LogP contribution in [0.2, 0.25) is 0 Å². The Hall–Kier alpha value is -3.02. The molecule has 1 aromatic heterocycles. The molecule has 1 heterocycles. The number of rotatable bonds is 5. The molecule has 140 valence electrons. The van der Waals surface area contributed by atoms with E-state index < -0.39 is 17.7 Å². The molecule has 1 atom stereocenters. The lowest BCUT2D eigenvalue weighted by Crippen LogP contribution is -2.27. The lowest BCUT2D eigenvalue weighted by atomic mass is 10.1. The summed E-state index contributed by atoms with van der Waals surface area (Å²) >= 11 is 0. The van der Waals surface area contributed by atoms with Crippen molar-refractivity contribution >= 4 is 5.91 Å². The molecule has 3 rings (SSSR count). The van der Waals surface area contributed by atoms with Gasteiger partial charge in [0.2, 0.25) is 0 Å². The zero-order valence-corrected chi connectivity index (χ0v) is 15.5. The first-order valence-corrected chi connectivity index (χ1v) is 8.70. The molecular weight excluding hydrogens is 348 g/mol. The summed E-state index contributed by atoms with van der Waals surface area (Å²) in [5.41, 5.74) is 3.46. The van der Waals surface area contributed by atoms with Gasteiger partial charge >= 0.3 is 0 Å². The molecule has 6 heteroatoms. The minimum atomic E-state index is -0.934. The van der Waals surface area contributed by atoms with E-state index >= 15 is 0 Å². The second kappa shape index (κ2) is 7.70. The molecule has 0 fully saturated rings. The van der Waals surface area contributed by atoms with Crippen LogP contribution in [0.15, 0.2) is 48.5 Å². The van der Waals surface area contributed by atoms with Gasteiger partial charge in [-0.2, -0.15) is 5.10 Å². The number of nitrogens with zero attached hydrogens (tertiary/aromatic N) is 2. The van der Waals surface area contributed by atoms with E-state index in [1.54, 1.807) is 18.5 Å². The second-order valence-electron chi connectivity index (χ2n) is 6.56. The van der Waals surface area contributed by atoms with E-state index in [9.17, 15) is 13.6 Å². The number of hydrogen-bond acceptors (Lipinski definition) is 2. The topological polar surface area (TPSA) is 46.9 Å². The summed E-state index contributed by atoms with van der Waals surface area (Å²) < 4.78 is 28.3. The number of aryl methyl sites for hydroxylation is 1. The van der Waals surface area contributed by atoms with Gasteiger partial charge in [-0.25, -0.2) is 8.78 Å². The summed E-state index contributed by atoms with van der Waals surface area (Å²) in [6, 6.07) is 13.0. The smallest absolute Gasteiger partial charge is 0.255 e. The summed E-state index contributed by atoms with van der Waals surface area (Å²) in [5.74, 6) is -2.13. The highest BCUT2D eigenvalue weighted by molar-refractivity contribution is 5.96. The van der Waals surface area contributed by atoms with Gasteiger partial charge in [-0.3, -0.25) is 9.48 Å². The third-order valence-electron chi connectivity index (χ3n) is 4.57. The Morgan fingerprint density at radius 1 is 1.11 bits per heavy atom. The van der Waals surface area contributed by atoms with Crippen LogP contribution in [-0.4, -0.2) is 15.7 Å². The molecule has 0 saturated heterocycles. The number of amides is 1. The highest BCUT2D eigenvalue weighted by Gasteiger charge is 2.21. The molecule has 1 unspecified atom stereocenters. The van der Waals surface area contributed by atoms with E-state index in [0.29, 0.717) is 23.4 Å². The number of hydrogen-bond donors (Lipinski definition) is 1. The van der Waals surface area contributed by atoms with Gasteiger partial charge in [0.1, 0.15) is 0 Å². The molecule has 1 amide bonds. The molecule has 0 spiro atoms. The van der Waals surface area contributed by atoms with Gasteiger partial charge in [-0.05, 0) is 44.0 Å². The van der Waals surface area contributed by atoms with E-state index in [2.05, 4.69) is 10.4 Å². The molecule has 4 nitrogen and oxygen atoms in total. The van der Waals surface area contributed by atoms with Gasteiger partial charge in [0.05, 0.1) is 23.8 Å². The highest BCUT2D eigenvalue weighted by Crippen LogP contribution is 2.19. The van der Waals surface area contributed by atoms with E-state index in [-0.39, 0.29) is 5.91 Å². The molecule has 0 aliphatic carbocycles. The first kappa shape index (κ1) is 18.8. The average Bonchev–Trinajstić information content (AvgIpc) is 2.91. The van der Waals surface area contributed by atoms with E-state index in [4.69, 9.17) is 0 Å². The van der Waals surface area contributed by atoms with Gasteiger partial charge in [0.15, 0.2) is 11.6 Å². The fourth-order valence-electron chi connectivity index (χ4n) is 3.07. The average molecular weight is 369 g/mol. The maximum atomic E-state index is 13.4. The van der Waals surface area contributed by atoms with E-state index in [1.165, 1.54) is 6.07 Å². The van der Waals surface area contributed by atoms with Crippen molar-refractivity contribution in [2.75, 3.05) is 0 Å². The number of carbonyl (C=O) groups is 1. The van der Waals surface area contributed by atoms with Gasteiger partial charge < -0.3 is 5.32 Å². The SMILES string of the molecule is Cc1nn(Cc2ccccc2)c(C)c1C(=O)NC(C)c1ccc(F)c(F)c1. The Balaban J connectivity index is 1.79. The molecular formula is C21H21F2N3O.